The Labute approximate surface area is 143 Å². The molecule has 0 aliphatic heterocycles. The number of hydrogen-bond donors (Lipinski definition) is 0. The number of halogens is 1. The van der Waals surface area contributed by atoms with Crippen LogP contribution < -0.4 is 0 Å². The third-order valence-corrected chi connectivity index (χ3v) is 4.66. The van der Waals surface area contributed by atoms with Crippen LogP contribution in [0.4, 0.5) is 0 Å². The third kappa shape index (κ3) is 1.93. The first-order valence-corrected chi connectivity index (χ1v) is 7.18. The van der Waals surface area contributed by atoms with Gasteiger partial charge in [-0.2, -0.15) is 5.26 Å². The molecule has 1 aliphatic carbocycles. The molecule has 24 heavy (non-hydrogen) atoms. The summed E-state index contributed by atoms with van der Waals surface area (Å²) in [6, 6.07) is 8.06. The molecule has 2 atom stereocenters. The van der Waals surface area contributed by atoms with Crippen molar-refractivity contribution < 1.29 is 28.6 Å². The van der Waals surface area contributed by atoms with Gasteiger partial charge in [0, 0.05) is 10.9 Å². The molecule has 126 valence electrons. The Balaban J connectivity index is 2.81. The molecule has 0 unspecified atom stereocenters. The van der Waals surface area contributed by atoms with Gasteiger partial charge in [-0.3, -0.25) is 14.4 Å². The lowest BCUT2D eigenvalue weighted by molar-refractivity contribution is -0.167. The van der Waals surface area contributed by atoms with Crippen LogP contribution in [0.25, 0.3) is 0 Å². The van der Waals surface area contributed by atoms with Crippen LogP contribution in [0, 0.1) is 22.2 Å². The molecule has 0 N–H and O–H groups in total. The van der Waals surface area contributed by atoms with Gasteiger partial charge in [-0.05, 0) is 11.6 Å². The van der Waals surface area contributed by atoms with Crippen molar-refractivity contribution in [3.63, 3.8) is 0 Å². The summed E-state index contributed by atoms with van der Waals surface area (Å²) in [5.74, 6) is -4.35. The van der Waals surface area contributed by atoms with Crippen molar-refractivity contribution in [3.05, 3.63) is 34.9 Å². The predicted molar refractivity (Wildman–Crippen MR) is 80.7 cm³/mol. The Bertz CT molecular complexity index is 739. The zero-order valence-corrected chi connectivity index (χ0v) is 13.9. The van der Waals surface area contributed by atoms with Crippen LogP contribution in [0.2, 0.25) is 5.02 Å². The van der Waals surface area contributed by atoms with Crippen molar-refractivity contribution in [2.75, 3.05) is 21.3 Å². The second kappa shape index (κ2) is 6.13. The molecule has 1 aromatic carbocycles. The molecule has 0 spiro atoms. The van der Waals surface area contributed by atoms with E-state index in [4.69, 9.17) is 21.1 Å². The highest BCUT2D eigenvalue weighted by Gasteiger charge is 2.92. The molecule has 0 radical (unpaired) electrons. The van der Waals surface area contributed by atoms with Gasteiger partial charge in [0.1, 0.15) is 0 Å². The highest BCUT2D eigenvalue weighted by molar-refractivity contribution is 6.32. The standard InChI is InChI=1S/C16H14ClNO6/c1-22-12(19)15(8-18)11(9-6-4-5-7-10(9)17)16(15,13(20)23-2)14(21)24-3/h4-7,11H,1-3H3/t11-,15+/m1/s1. The van der Waals surface area contributed by atoms with Crippen LogP contribution in [0.1, 0.15) is 11.5 Å². The molecule has 1 aromatic rings. The molecule has 1 saturated carbocycles. The molecule has 0 bridgehead atoms. The molecular weight excluding hydrogens is 338 g/mol. The SMILES string of the molecule is COC(=O)C1(C(=O)OC)[C@H](c2ccccc2Cl)[C@@]1(C#N)C(=O)OC. The van der Waals surface area contributed by atoms with Crippen molar-refractivity contribution in [3.8, 4) is 6.07 Å². The summed E-state index contributed by atoms with van der Waals surface area (Å²) < 4.78 is 14.1. The Morgan fingerprint density at radius 3 is 1.96 bits per heavy atom. The van der Waals surface area contributed by atoms with E-state index in [1.807, 2.05) is 0 Å². The van der Waals surface area contributed by atoms with Gasteiger partial charge in [0.15, 0.2) is 5.41 Å². The monoisotopic (exact) mass is 351 g/mol. The van der Waals surface area contributed by atoms with Crippen LogP contribution in [-0.4, -0.2) is 39.2 Å². The molecule has 0 heterocycles. The first-order valence-electron chi connectivity index (χ1n) is 6.81. The van der Waals surface area contributed by atoms with Crippen LogP contribution in [0.3, 0.4) is 0 Å². The van der Waals surface area contributed by atoms with Crippen LogP contribution in [0.5, 0.6) is 0 Å². The van der Waals surface area contributed by atoms with Crippen molar-refractivity contribution in [1.29, 1.82) is 5.26 Å². The molecule has 1 aliphatic rings. The lowest BCUT2D eigenvalue weighted by Crippen LogP contribution is -2.37. The summed E-state index contributed by atoms with van der Waals surface area (Å²) >= 11 is 6.15. The van der Waals surface area contributed by atoms with E-state index in [0.717, 1.165) is 21.3 Å². The first-order chi connectivity index (χ1) is 11.4. The molecule has 0 amide bonds. The van der Waals surface area contributed by atoms with Crippen LogP contribution in [0.15, 0.2) is 24.3 Å². The molecule has 8 heteroatoms. The smallest absolute Gasteiger partial charge is 0.328 e. The summed E-state index contributed by atoms with van der Waals surface area (Å²) in [5, 5.41) is 9.89. The van der Waals surface area contributed by atoms with Crippen LogP contribution in [-0.2, 0) is 28.6 Å². The summed E-state index contributed by atoms with van der Waals surface area (Å²) in [4.78, 5) is 37.3. The second-order valence-corrected chi connectivity index (χ2v) is 5.56. The van der Waals surface area contributed by atoms with E-state index in [2.05, 4.69) is 4.74 Å². The van der Waals surface area contributed by atoms with Crippen LogP contribution >= 0.6 is 11.6 Å². The minimum atomic E-state index is -2.18. The quantitative estimate of drug-likeness (QED) is 0.459. The first kappa shape index (κ1) is 17.8. The molecule has 2 rings (SSSR count). The summed E-state index contributed by atoms with van der Waals surface area (Å²) in [5.41, 5.74) is -4.02. The highest BCUT2D eigenvalue weighted by Crippen LogP contribution is 2.76. The van der Waals surface area contributed by atoms with Gasteiger partial charge < -0.3 is 14.2 Å². The van der Waals surface area contributed by atoms with E-state index in [1.54, 1.807) is 18.2 Å². The Hall–Kier alpha value is -2.59. The molecule has 0 saturated heterocycles. The van der Waals surface area contributed by atoms with Gasteiger partial charge in [0.2, 0.25) is 5.41 Å². The fraction of sp³-hybridized carbons (Fsp3) is 0.375. The van der Waals surface area contributed by atoms with Crippen molar-refractivity contribution in [2.45, 2.75) is 5.92 Å². The van der Waals surface area contributed by atoms with E-state index >= 15 is 0 Å². The number of rotatable bonds is 4. The van der Waals surface area contributed by atoms with E-state index in [9.17, 15) is 19.6 Å². The maximum absolute atomic E-state index is 12.5. The van der Waals surface area contributed by atoms with Gasteiger partial charge in [0.25, 0.3) is 0 Å². The highest BCUT2D eigenvalue weighted by atomic mass is 35.5. The molecular formula is C16H14ClNO6. The van der Waals surface area contributed by atoms with E-state index in [1.165, 1.54) is 12.1 Å². The molecule has 1 fully saturated rings. The van der Waals surface area contributed by atoms with E-state index in [0.29, 0.717) is 0 Å². The minimum absolute atomic E-state index is 0.195. The predicted octanol–water partition coefficient (Wildman–Crippen LogP) is 1.45. The lowest BCUT2D eigenvalue weighted by atomic mass is 9.93. The van der Waals surface area contributed by atoms with Crippen molar-refractivity contribution in [1.82, 2.24) is 0 Å². The van der Waals surface area contributed by atoms with E-state index < -0.39 is 34.7 Å². The van der Waals surface area contributed by atoms with Gasteiger partial charge in [-0.1, -0.05) is 29.8 Å². The number of carbonyl (C=O) groups excluding carboxylic acids is 3. The average molecular weight is 352 g/mol. The summed E-state index contributed by atoms with van der Waals surface area (Å²) in [6.45, 7) is 0. The minimum Gasteiger partial charge on any atom is -0.468 e. The topological polar surface area (TPSA) is 103 Å². The van der Waals surface area contributed by atoms with Gasteiger partial charge in [-0.15, -0.1) is 0 Å². The zero-order valence-electron chi connectivity index (χ0n) is 13.2. The lowest BCUT2D eigenvalue weighted by Gasteiger charge is -2.14. The second-order valence-electron chi connectivity index (χ2n) is 5.16. The Morgan fingerprint density at radius 2 is 1.54 bits per heavy atom. The third-order valence-electron chi connectivity index (χ3n) is 4.32. The number of nitrogens with zero attached hydrogens (tertiary/aromatic N) is 1. The summed E-state index contributed by atoms with van der Waals surface area (Å²) in [7, 11) is 3.16. The fourth-order valence-electron chi connectivity index (χ4n) is 3.25. The fourth-order valence-corrected chi connectivity index (χ4v) is 3.50. The number of benzene rings is 1. The van der Waals surface area contributed by atoms with Gasteiger partial charge in [0.05, 0.1) is 27.4 Å². The Morgan fingerprint density at radius 1 is 1.04 bits per heavy atom. The normalized spacial score (nSPS) is 23.5. The Kier molecular flexibility index (Phi) is 4.54. The maximum atomic E-state index is 12.5. The summed E-state index contributed by atoms with van der Waals surface area (Å²) in [6.07, 6.45) is 0. The van der Waals surface area contributed by atoms with E-state index in [-0.39, 0.29) is 10.6 Å². The average Bonchev–Trinajstić information content (AvgIpc) is 3.25. The molecule has 7 nitrogen and oxygen atoms in total. The van der Waals surface area contributed by atoms with Gasteiger partial charge in [-0.25, -0.2) is 0 Å². The van der Waals surface area contributed by atoms with Crippen molar-refractivity contribution in [2.24, 2.45) is 10.8 Å². The number of ether oxygens (including phenoxy) is 3. The number of esters is 3. The van der Waals surface area contributed by atoms with Gasteiger partial charge >= 0.3 is 17.9 Å². The number of nitriles is 1. The zero-order chi connectivity index (χ0) is 18.1. The van der Waals surface area contributed by atoms with Crippen molar-refractivity contribution >= 4 is 29.5 Å². The number of methoxy groups -OCH3 is 3. The molecule has 0 aromatic heterocycles. The largest absolute Gasteiger partial charge is 0.468 e. The maximum Gasteiger partial charge on any atom is 0.328 e. The number of hydrogen-bond acceptors (Lipinski definition) is 7. The number of carbonyl (C=O) groups is 3.